The van der Waals surface area contributed by atoms with E-state index in [0.29, 0.717) is 0 Å². The molecule has 1 aliphatic heterocycles. The Labute approximate surface area is 64.7 Å². The monoisotopic (exact) mass is 160 g/mol. The minimum atomic E-state index is -0.268. The molecule has 1 aliphatic rings. The largest absolute Gasteiger partial charge is 0.368 e. The van der Waals surface area contributed by atoms with Gasteiger partial charge in [-0.15, -0.1) is 11.8 Å². The molecule has 0 radical (unpaired) electrons. The van der Waals surface area contributed by atoms with Crippen molar-refractivity contribution in [3.05, 3.63) is 0 Å². The van der Waals surface area contributed by atoms with Crippen molar-refractivity contribution >= 4 is 17.7 Å². The standard InChI is InChI=1S/C6H12N2OS/c1-6(2)3-8-5(10-6)4(7)9/h5,8H,3H2,1-2H3,(H2,7,9). The fraction of sp³-hybridized carbons (Fsp3) is 0.833. The summed E-state index contributed by atoms with van der Waals surface area (Å²) < 4.78 is 0.152. The fourth-order valence-electron chi connectivity index (χ4n) is 0.900. The zero-order valence-corrected chi connectivity index (χ0v) is 6.99. The first-order valence-electron chi connectivity index (χ1n) is 3.22. The number of nitrogens with one attached hydrogen (secondary N) is 1. The van der Waals surface area contributed by atoms with Gasteiger partial charge in [-0.2, -0.15) is 0 Å². The maximum absolute atomic E-state index is 10.6. The van der Waals surface area contributed by atoms with Crippen molar-refractivity contribution in [3.8, 4) is 0 Å². The predicted octanol–water partition coefficient (Wildman–Crippen LogP) is -0.0872. The van der Waals surface area contributed by atoms with Crippen molar-refractivity contribution < 1.29 is 4.79 Å². The lowest BCUT2D eigenvalue weighted by Gasteiger charge is -2.13. The second-order valence-electron chi connectivity index (χ2n) is 3.04. The van der Waals surface area contributed by atoms with Crippen LogP contribution in [0.4, 0.5) is 0 Å². The number of hydrogen-bond acceptors (Lipinski definition) is 3. The first-order chi connectivity index (χ1) is 4.51. The highest BCUT2D eigenvalue weighted by atomic mass is 32.2. The van der Waals surface area contributed by atoms with Crippen molar-refractivity contribution in [1.82, 2.24) is 5.32 Å². The van der Waals surface area contributed by atoms with Gasteiger partial charge in [0.2, 0.25) is 5.91 Å². The minimum absolute atomic E-state index is 0.152. The third-order valence-corrected chi connectivity index (χ3v) is 2.83. The number of nitrogens with two attached hydrogens (primary N) is 1. The van der Waals surface area contributed by atoms with Crippen LogP contribution in [-0.2, 0) is 4.79 Å². The van der Waals surface area contributed by atoms with Gasteiger partial charge in [0.25, 0.3) is 0 Å². The van der Waals surface area contributed by atoms with Crippen LogP contribution in [0.15, 0.2) is 0 Å². The van der Waals surface area contributed by atoms with Crippen LogP contribution in [0, 0.1) is 0 Å². The zero-order chi connectivity index (χ0) is 7.78. The Hall–Kier alpha value is -0.220. The van der Waals surface area contributed by atoms with Crippen molar-refractivity contribution in [3.63, 3.8) is 0 Å². The smallest absolute Gasteiger partial charge is 0.244 e. The molecule has 0 aromatic heterocycles. The van der Waals surface area contributed by atoms with Crippen LogP contribution in [0.5, 0.6) is 0 Å². The van der Waals surface area contributed by atoms with Gasteiger partial charge < -0.3 is 5.73 Å². The van der Waals surface area contributed by atoms with E-state index >= 15 is 0 Å². The van der Waals surface area contributed by atoms with Crippen LogP contribution in [0.3, 0.4) is 0 Å². The Kier molecular flexibility index (Phi) is 1.92. The molecule has 0 spiro atoms. The third-order valence-electron chi connectivity index (χ3n) is 1.41. The van der Waals surface area contributed by atoms with Crippen LogP contribution >= 0.6 is 11.8 Å². The Bertz CT molecular complexity index is 158. The maximum atomic E-state index is 10.6. The minimum Gasteiger partial charge on any atom is -0.368 e. The molecule has 1 saturated heterocycles. The fourth-order valence-corrected chi connectivity index (χ4v) is 1.99. The van der Waals surface area contributed by atoms with Crippen LogP contribution in [0.25, 0.3) is 0 Å². The number of carbonyl (C=O) groups is 1. The molecular formula is C6H12N2OS. The molecule has 3 nitrogen and oxygen atoms in total. The first-order valence-corrected chi connectivity index (χ1v) is 4.10. The molecule has 0 aliphatic carbocycles. The first kappa shape index (κ1) is 7.88. The van der Waals surface area contributed by atoms with E-state index in [4.69, 9.17) is 5.73 Å². The number of rotatable bonds is 1. The second-order valence-corrected chi connectivity index (χ2v) is 4.85. The number of carbonyl (C=O) groups excluding carboxylic acids is 1. The molecule has 1 amide bonds. The molecule has 1 rings (SSSR count). The summed E-state index contributed by atoms with van der Waals surface area (Å²) in [5.74, 6) is -0.268. The van der Waals surface area contributed by atoms with E-state index in [1.807, 2.05) is 0 Å². The summed E-state index contributed by atoms with van der Waals surface area (Å²) in [6.45, 7) is 5.03. The average molecular weight is 160 g/mol. The molecule has 58 valence electrons. The number of amides is 1. The van der Waals surface area contributed by atoms with Gasteiger partial charge in [-0.25, -0.2) is 0 Å². The molecule has 0 aromatic rings. The maximum Gasteiger partial charge on any atom is 0.244 e. The Morgan fingerprint density at radius 1 is 1.80 bits per heavy atom. The van der Waals surface area contributed by atoms with E-state index in [1.54, 1.807) is 11.8 Å². The van der Waals surface area contributed by atoms with Gasteiger partial charge in [-0.3, -0.25) is 10.1 Å². The van der Waals surface area contributed by atoms with E-state index in [1.165, 1.54) is 0 Å². The molecule has 1 atom stereocenters. The lowest BCUT2D eigenvalue weighted by Crippen LogP contribution is -2.34. The summed E-state index contributed by atoms with van der Waals surface area (Å²) in [6.07, 6.45) is 0. The summed E-state index contributed by atoms with van der Waals surface area (Å²) in [5.41, 5.74) is 5.10. The molecule has 4 heteroatoms. The lowest BCUT2D eigenvalue weighted by atomic mass is 10.2. The molecule has 0 bridgehead atoms. The van der Waals surface area contributed by atoms with Gasteiger partial charge in [-0.1, -0.05) is 0 Å². The third kappa shape index (κ3) is 1.64. The molecule has 1 fully saturated rings. The van der Waals surface area contributed by atoms with Crippen molar-refractivity contribution in [2.75, 3.05) is 6.54 Å². The van der Waals surface area contributed by atoms with Gasteiger partial charge in [0.1, 0.15) is 5.37 Å². The highest BCUT2D eigenvalue weighted by Gasteiger charge is 2.33. The van der Waals surface area contributed by atoms with Crippen LogP contribution in [0.2, 0.25) is 0 Å². The summed E-state index contributed by atoms with van der Waals surface area (Å²) >= 11 is 1.59. The Morgan fingerprint density at radius 2 is 2.40 bits per heavy atom. The SMILES string of the molecule is CC1(C)CNC(C(N)=O)S1. The van der Waals surface area contributed by atoms with E-state index in [9.17, 15) is 4.79 Å². The molecule has 1 unspecified atom stereocenters. The molecular weight excluding hydrogens is 148 g/mol. The topological polar surface area (TPSA) is 55.1 Å². The highest BCUT2D eigenvalue weighted by molar-refractivity contribution is 8.02. The van der Waals surface area contributed by atoms with Crippen LogP contribution < -0.4 is 11.1 Å². The van der Waals surface area contributed by atoms with Crippen molar-refractivity contribution in [2.24, 2.45) is 5.73 Å². The summed E-state index contributed by atoms with van der Waals surface area (Å²) in [4.78, 5) is 10.6. The Balaban J connectivity index is 2.51. The van der Waals surface area contributed by atoms with Gasteiger partial charge in [0.15, 0.2) is 0 Å². The van der Waals surface area contributed by atoms with Gasteiger partial charge >= 0.3 is 0 Å². The van der Waals surface area contributed by atoms with Gasteiger partial charge in [0.05, 0.1) is 0 Å². The molecule has 0 aromatic carbocycles. The van der Waals surface area contributed by atoms with Crippen molar-refractivity contribution in [2.45, 2.75) is 24.0 Å². The Morgan fingerprint density at radius 3 is 2.60 bits per heavy atom. The molecule has 1 heterocycles. The zero-order valence-electron chi connectivity index (χ0n) is 6.18. The number of thioether (sulfide) groups is 1. The number of hydrogen-bond donors (Lipinski definition) is 2. The molecule has 10 heavy (non-hydrogen) atoms. The van der Waals surface area contributed by atoms with Crippen molar-refractivity contribution in [1.29, 1.82) is 0 Å². The van der Waals surface area contributed by atoms with Gasteiger partial charge in [-0.05, 0) is 13.8 Å². The highest BCUT2D eigenvalue weighted by Crippen LogP contribution is 2.32. The molecule has 3 N–H and O–H groups in total. The number of primary amides is 1. The van der Waals surface area contributed by atoms with E-state index in [0.717, 1.165) is 6.54 Å². The normalized spacial score (nSPS) is 30.4. The summed E-state index contributed by atoms with van der Waals surface area (Å²) in [7, 11) is 0. The van der Waals surface area contributed by atoms with E-state index in [2.05, 4.69) is 19.2 Å². The van der Waals surface area contributed by atoms with E-state index < -0.39 is 0 Å². The quantitative estimate of drug-likeness (QED) is 0.564. The summed E-state index contributed by atoms with van der Waals surface area (Å²) in [5, 5.41) is 2.85. The summed E-state index contributed by atoms with van der Waals surface area (Å²) in [6, 6.07) is 0. The predicted molar refractivity (Wildman–Crippen MR) is 42.7 cm³/mol. The molecule has 0 saturated carbocycles. The second kappa shape index (κ2) is 2.43. The van der Waals surface area contributed by atoms with Crippen LogP contribution in [0.1, 0.15) is 13.8 Å². The van der Waals surface area contributed by atoms with Gasteiger partial charge in [0, 0.05) is 11.3 Å². The lowest BCUT2D eigenvalue weighted by molar-refractivity contribution is -0.117. The average Bonchev–Trinajstić information content (AvgIpc) is 2.10. The van der Waals surface area contributed by atoms with Crippen LogP contribution in [-0.4, -0.2) is 22.6 Å². The van der Waals surface area contributed by atoms with E-state index in [-0.39, 0.29) is 16.0 Å².